The Hall–Kier alpha value is -1.61. The molecule has 0 aliphatic rings. The quantitative estimate of drug-likeness (QED) is 0.858. The average Bonchev–Trinajstić information content (AvgIpc) is 2.81. The molecule has 0 radical (unpaired) electrons. The molecular weight excluding hydrogens is 212 g/mol. The van der Waals surface area contributed by atoms with Gasteiger partial charge in [0.25, 0.3) is 0 Å². The number of pyridine rings is 1. The lowest BCUT2D eigenvalue weighted by Crippen LogP contribution is -2.23. The third-order valence-electron chi connectivity index (χ3n) is 2.76. The molecule has 0 amide bonds. The van der Waals surface area contributed by atoms with Gasteiger partial charge in [0.15, 0.2) is 0 Å². The van der Waals surface area contributed by atoms with E-state index in [1.807, 2.05) is 18.3 Å². The van der Waals surface area contributed by atoms with Gasteiger partial charge in [0.05, 0.1) is 24.3 Å². The standard InChI is InChI=1S/C14H18N2O/c1-3-15-14(9-12-5-7-17-10-12)13-8-11(2)4-6-16-13/h4-8,10,14-15H,3,9H2,1-2H3. The van der Waals surface area contributed by atoms with Gasteiger partial charge in [0.2, 0.25) is 0 Å². The van der Waals surface area contributed by atoms with Crippen LogP contribution in [0.15, 0.2) is 41.3 Å². The lowest BCUT2D eigenvalue weighted by atomic mass is 10.0. The number of aromatic nitrogens is 1. The Balaban J connectivity index is 2.16. The highest BCUT2D eigenvalue weighted by Gasteiger charge is 2.13. The first-order valence-corrected chi connectivity index (χ1v) is 5.96. The van der Waals surface area contributed by atoms with E-state index in [9.17, 15) is 0 Å². The second-order valence-electron chi connectivity index (χ2n) is 4.20. The highest BCUT2D eigenvalue weighted by molar-refractivity contribution is 5.20. The van der Waals surface area contributed by atoms with Crippen molar-refractivity contribution in [2.45, 2.75) is 26.3 Å². The Morgan fingerprint density at radius 2 is 2.29 bits per heavy atom. The van der Waals surface area contributed by atoms with Crippen LogP contribution in [0.1, 0.15) is 29.8 Å². The molecule has 2 rings (SSSR count). The lowest BCUT2D eigenvalue weighted by Gasteiger charge is -2.16. The van der Waals surface area contributed by atoms with Crippen molar-refractivity contribution >= 4 is 0 Å². The van der Waals surface area contributed by atoms with Gasteiger partial charge in [0, 0.05) is 6.20 Å². The van der Waals surface area contributed by atoms with Gasteiger partial charge in [-0.15, -0.1) is 0 Å². The summed E-state index contributed by atoms with van der Waals surface area (Å²) < 4.78 is 5.10. The van der Waals surface area contributed by atoms with E-state index in [-0.39, 0.29) is 6.04 Å². The molecule has 0 aromatic carbocycles. The number of hydrogen-bond acceptors (Lipinski definition) is 3. The van der Waals surface area contributed by atoms with Crippen LogP contribution in [0.5, 0.6) is 0 Å². The predicted octanol–water partition coefficient (Wildman–Crippen LogP) is 2.88. The van der Waals surface area contributed by atoms with Gasteiger partial charge in [-0.05, 0) is 49.2 Å². The minimum atomic E-state index is 0.248. The summed E-state index contributed by atoms with van der Waals surface area (Å²) in [5.74, 6) is 0. The maximum atomic E-state index is 5.10. The maximum absolute atomic E-state index is 5.10. The molecule has 90 valence electrons. The number of nitrogens with one attached hydrogen (secondary N) is 1. The van der Waals surface area contributed by atoms with Crippen molar-refractivity contribution in [3.63, 3.8) is 0 Å². The molecule has 0 aliphatic carbocycles. The summed E-state index contributed by atoms with van der Waals surface area (Å²) in [6, 6.07) is 6.40. The molecule has 0 bridgehead atoms. The van der Waals surface area contributed by atoms with Crippen molar-refractivity contribution in [2.24, 2.45) is 0 Å². The first-order chi connectivity index (χ1) is 8.29. The Morgan fingerprint density at radius 1 is 1.41 bits per heavy atom. The lowest BCUT2D eigenvalue weighted by molar-refractivity contribution is 0.525. The van der Waals surface area contributed by atoms with Gasteiger partial charge in [-0.2, -0.15) is 0 Å². The summed E-state index contributed by atoms with van der Waals surface area (Å²) >= 11 is 0. The van der Waals surface area contributed by atoms with Crippen molar-refractivity contribution < 1.29 is 4.42 Å². The molecule has 0 fully saturated rings. The minimum absolute atomic E-state index is 0.248. The van der Waals surface area contributed by atoms with E-state index >= 15 is 0 Å². The van der Waals surface area contributed by atoms with Crippen LogP contribution in [-0.2, 0) is 6.42 Å². The molecule has 1 atom stereocenters. The topological polar surface area (TPSA) is 38.1 Å². The summed E-state index contributed by atoms with van der Waals surface area (Å²) in [5.41, 5.74) is 3.53. The summed E-state index contributed by atoms with van der Waals surface area (Å²) in [7, 11) is 0. The van der Waals surface area contributed by atoms with E-state index in [0.29, 0.717) is 0 Å². The summed E-state index contributed by atoms with van der Waals surface area (Å²) in [6.07, 6.45) is 6.27. The van der Waals surface area contributed by atoms with E-state index in [2.05, 4.69) is 30.2 Å². The van der Waals surface area contributed by atoms with E-state index in [1.54, 1.807) is 12.5 Å². The van der Waals surface area contributed by atoms with Crippen LogP contribution in [0, 0.1) is 6.92 Å². The third kappa shape index (κ3) is 3.17. The molecule has 1 N–H and O–H groups in total. The molecule has 2 aromatic heterocycles. The average molecular weight is 230 g/mol. The third-order valence-corrected chi connectivity index (χ3v) is 2.76. The van der Waals surface area contributed by atoms with Gasteiger partial charge in [0.1, 0.15) is 0 Å². The Labute approximate surface area is 102 Å². The Kier molecular flexibility index (Phi) is 3.94. The molecule has 2 aromatic rings. The summed E-state index contributed by atoms with van der Waals surface area (Å²) in [5, 5.41) is 3.46. The van der Waals surface area contributed by atoms with Gasteiger partial charge in [-0.1, -0.05) is 6.92 Å². The normalized spacial score (nSPS) is 12.6. The van der Waals surface area contributed by atoms with Crippen LogP contribution in [0.2, 0.25) is 0 Å². The Morgan fingerprint density at radius 3 is 2.94 bits per heavy atom. The highest BCUT2D eigenvalue weighted by Crippen LogP contribution is 2.17. The van der Waals surface area contributed by atoms with Gasteiger partial charge in [-0.25, -0.2) is 0 Å². The fraction of sp³-hybridized carbons (Fsp3) is 0.357. The van der Waals surface area contributed by atoms with Gasteiger partial charge < -0.3 is 9.73 Å². The molecule has 3 heteroatoms. The van der Waals surface area contributed by atoms with Crippen molar-refractivity contribution in [2.75, 3.05) is 6.54 Å². The van der Waals surface area contributed by atoms with Crippen LogP contribution in [0.25, 0.3) is 0 Å². The molecule has 1 unspecified atom stereocenters. The maximum Gasteiger partial charge on any atom is 0.0935 e. The zero-order valence-corrected chi connectivity index (χ0v) is 10.3. The van der Waals surface area contributed by atoms with Crippen molar-refractivity contribution in [1.29, 1.82) is 0 Å². The van der Waals surface area contributed by atoms with Crippen LogP contribution >= 0.6 is 0 Å². The Bertz CT molecular complexity index is 451. The molecule has 0 spiro atoms. The summed E-state index contributed by atoms with van der Waals surface area (Å²) in [6.45, 7) is 5.13. The number of rotatable bonds is 5. The fourth-order valence-electron chi connectivity index (χ4n) is 1.92. The number of likely N-dealkylation sites (N-methyl/N-ethyl adjacent to an activating group) is 1. The van der Waals surface area contributed by atoms with Crippen molar-refractivity contribution in [1.82, 2.24) is 10.3 Å². The zero-order chi connectivity index (χ0) is 12.1. The SMILES string of the molecule is CCNC(Cc1ccoc1)c1cc(C)ccn1. The van der Waals surface area contributed by atoms with Crippen LogP contribution in [0.3, 0.4) is 0 Å². The number of aryl methyl sites for hydroxylation is 1. The predicted molar refractivity (Wildman–Crippen MR) is 67.8 cm³/mol. The van der Waals surface area contributed by atoms with E-state index in [1.165, 1.54) is 11.1 Å². The van der Waals surface area contributed by atoms with Crippen LogP contribution in [-0.4, -0.2) is 11.5 Å². The van der Waals surface area contributed by atoms with E-state index in [0.717, 1.165) is 18.7 Å². The second-order valence-corrected chi connectivity index (χ2v) is 4.20. The minimum Gasteiger partial charge on any atom is -0.472 e. The van der Waals surface area contributed by atoms with E-state index < -0.39 is 0 Å². The first-order valence-electron chi connectivity index (χ1n) is 5.96. The molecular formula is C14H18N2O. The number of nitrogens with zero attached hydrogens (tertiary/aromatic N) is 1. The molecule has 0 saturated heterocycles. The van der Waals surface area contributed by atoms with E-state index in [4.69, 9.17) is 4.42 Å². The number of hydrogen-bond donors (Lipinski definition) is 1. The molecule has 17 heavy (non-hydrogen) atoms. The molecule has 0 aliphatic heterocycles. The smallest absolute Gasteiger partial charge is 0.0935 e. The number of furan rings is 1. The first kappa shape index (κ1) is 11.9. The van der Waals surface area contributed by atoms with Crippen LogP contribution < -0.4 is 5.32 Å². The molecule has 0 saturated carbocycles. The fourth-order valence-corrected chi connectivity index (χ4v) is 1.92. The van der Waals surface area contributed by atoms with Crippen LogP contribution in [0.4, 0.5) is 0 Å². The summed E-state index contributed by atoms with van der Waals surface area (Å²) in [4.78, 5) is 4.45. The monoisotopic (exact) mass is 230 g/mol. The van der Waals surface area contributed by atoms with Crippen molar-refractivity contribution in [3.05, 3.63) is 53.7 Å². The van der Waals surface area contributed by atoms with Gasteiger partial charge in [-0.3, -0.25) is 4.98 Å². The van der Waals surface area contributed by atoms with Crippen molar-refractivity contribution in [3.8, 4) is 0 Å². The second kappa shape index (κ2) is 5.64. The molecule has 2 heterocycles. The largest absolute Gasteiger partial charge is 0.472 e. The molecule has 3 nitrogen and oxygen atoms in total. The van der Waals surface area contributed by atoms with Gasteiger partial charge >= 0.3 is 0 Å². The highest BCUT2D eigenvalue weighted by atomic mass is 16.3. The zero-order valence-electron chi connectivity index (χ0n) is 10.3.